The molecule has 28 heavy (non-hydrogen) atoms. The number of nitrogens with one attached hydrogen (secondary N) is 1. The minimum absolute atomic E-state index is 0.617. The highest BCUT2D eigenvalue weighted by atomic mass is 35.5. The number of hydrogen-bond acceptors (Lipinski definition) is 2. The molecule has 0 saturated carbocycles. The summed E-state index contributed by atoms with van der Waals surface area (Å²) in [6, 6.07) is 12.4. The van der Waals surface area contributed by atoms with E-state index in [4.69, 9.17) is 16.3 Å². The minimum atomic E-state index is 0.617. The van der Waals surface area contributed by atoms with Gasteiger partial charge >= 0.3 is 0 Å². The molecule has 1 aromatic heterocycles. The summed E-state index contributed by atoms with van der Waals surface area (Å²) < 4.78 is 5.49. The topological polar surface area (TPSA) is 26.6 Å². The number of benzene rings is 2. The summed E-state index contributed by atoms with van der Waals surface area (Å²) in [5.74, 6) is 1.51. The molecule has 0 aliphatic heterocycles. The molecule has 0 radical (unpaired) electrons. The molecule has 4 heteroatoms. The fourth-order valence-corrected chi connectivity index (χ4v) is 4.23. The number of nitrogens with zero attached hydrogens (tertiary/aromatic N) is 1. The lowest BCUT2D eigenvalue weighted by Gasteiger charge is -2.19. The van der Waals surface area contributed by atoms with Gasteiger partial charge in [-0.1, -0.05) is 32.4 Å². The Morgan fingerprint density at radius 2 is 1.82 bits per heavy atom. The Kier molecular flexibility index (Phi) is 7.14. The van der Waals surface area contributed by atoms with E-state index < -0.39 is 0 Å². The number of pyridine rings is 1. The molecule has 0 amide bonds. The average Bonchev–Trinajstić information content (AvgIpc) is 2.70. The Bertz CT molecular complexity index is 937. The quantitative estimate of drug-likeness (QED) is 0.427. The van der Waals surface area contributed by atoms with Gasteiger partial charge in [-0.15, -0.1) is 0 Å². The summed E-state index contributed by atoms with van der Waals surface area (Å²) in [6.45, 7) is 10.3. The maximum absolute atomic E-state index is 6.26. The third-order valence-corrected chi connectivity index (χ3v) is 5.98. The maximum Gasteiger partial charge on any atom is 0.213 e. The van der Waals surface area contributed by atoms with Gasteiger partial charge in [-0.3, -0.25) is 0 Å². The van der Waals surface area contributed by atoms with Crippen molar-refractivity contribution in [1.29, 1.82) is 0 Å². The lowest BCUT2D eigenvalue weighted by molar-refractivity contribution is -0.310. The standard InChI is InChI=1S/C24H31ClN2O/c1-5-27(6-2)13-7-8-17(3)14-21-20-11-9-18(25)15-24(20)26-23-12-10-19(28-4)16-22(21)23/h9-12,15-17H,5-8,13-14H2,1-4H3/p+1. The second kappa shape index (κ2) is 9.58. The van der Waals surface area contributed by atoms with Crippen molar-refractivity contribution >= 4 is 33.4 Å². The summed E-state index contributed by atoms with van der Waals surface area (Å²) >= 11 is 6.26. The van der Waals surface area contributed by atoms with E-state index in [1.807, 2.05) is 18.2 Å². The molecule has 1 atom stereocenters. The first-order valence-corrected chi connectivity index (χ1v) is 10.8. The SMILES string of the molecule is CCN(CC)CCCC(C)Cc1c2ccc(Cl)cc2[nH+]c2ccc(OC)cc12. The van der Waals surface area contributed by atoms with Gasteiger partial charge in [-0.05, 0) is 74.6 Å². The monoisotopic (exact) mass is 399 g/mol. The molecule has 0 bridgehead atoms. The van der Waals surface area contributed by atoms with Crippen LogP contribution in [-0.2, 0) is 6.42 Å². The average molecular weight is 400 g/mol. The highest BCUT2D eigenvalue weighted by Gasteiger charge is 2.17. The molecule has 0 saturated heterocycles. The molecule has 0 fully saturated rings. The van der Waals surface area contributed by atoms with Gasteiger partial charge in [0.1, 0.15) is 5.75 Å². The van der Waals surface area contributed by atoms with Gasteiger partial charge in [-0.25, -0.2) is 4.98 Å². The van der Waals surface area contributed by atoms with Gasteiger partial charge in [0.25, 0.3) is 0 Å². The molecule has 3 rings (SSSR count). The molecule has 3 aromatic rings. The molecule has 1 heterocycles. The Hall–Kier alpha value is -1.84. The lowest BCUT2D eigenvalue weighted by atomic mass is 9.91. The molecule has 0 aliphatic rings. The third-order valence-electron chi connectivity index (χ3n) is 5.75. The summed E-state index contributed by atoms with van der Waals surface area (Å²) in [5, 5.41) is 3.25. The van der Waals surface area contributed by atoms with E-state index in [-0.39, 0.29) is 0 Å². The second-order valence-corrected chi connectivity index (χ2v) is 8.12. The van der Waals surface area contributed by atoms with Crippen LogP contribution in [-0.4, -0.2) is 31.6 Å². The molecule has 2 aromatic carbocycles. The Balaban J connectivity index is 1.92. The van der Waals surface area contributed by atoms with Gasteiger partial charge in [0.05, 0.1) is 17.9 Å². The van der Waals surface area contributed by atoms with Crippen LogP contribution in [0.1, 0.15) is 39.2 Å². The first-order valence-electron chi connectivity index (χ1n) is 10.4. The lowest BCUT2D eigenvalue weighted by Crippen LogP contribution is -2.24. The fraction of sp³-hybridized carbons (Fsp3) is 0.458. The van der Waals surface area contributed by atoms with Crippen molar-refractivity contribution in [3.05, 3.63) is 47.0 Å². The van der Waals surface area contributed by atoms with Crippen molar-refractivity contribution in [2.24, 2.45) is 5.92 Å². The molecule has 0 spiro atoms. The van der Waals surface area contributed by atoms with Crippen LogP contribution in [0.5, 0.6) is 5.75 Å². The number of aromatic nitrogens is 1. The predicted molar refractivity (Wildman–Crippen MR) is 119 cm³/mol. The van der Waals surface area contributed by atoms with Crippen LogP contribution in [0.25, 0.3) is 21.8 Å². The maximum atomic E-state index is 6.26. The summed E-state index contributed by atoms with van der Waals surface area (Å²) in [5.41, 5.74) is 3.60. The van der Waals surface area contributed by atoms with Crippen LogP contribution in [0.3, 0.4) is 0 Å². The van der Waals surface area contributed by atoms with E-state index in [9.17, 15) is 0 Å². The highest BCUT2D eigenvalue weighted by Crippen LogP contribution is 2.30. The third kappa shape index (κ3) is 4.76. The van der Waals surface area contributed by atoms with Crippen molar-refractivity contribution in [2.75, 3.05) is 26.7 Å². The van der Waals surface area contributed by atoms with Crippen LogP contribution in [0.15, 0.2) is 36.4 Å². The number of methoxy groups -OCH3 is 1. The summed E-state index contributed by atoms with van der Waals surface area (Å²) in [6.07, 6.45) is 3.53. The van der Waals surface area contributed by atoms with Gasteiger partial charge in [-0.2, -0.15) is 0 Å². The number of aromatic amines is 1. The molecule has 3 nitrogen and oxygen atoms in total. The smallest absolute Gasteiger partial charge is 0.213 e. The predicted octanol–water partition coefficient (Wildman–Crippen LogP) is 5.77. The van der Waals surface area contributed by atoms with E-state index in [0.717, 1.165) is 41.3 Å². The number of rotatable bonds is 9. The van der Waals surface area contributed by atoms with E-state index in [2.05, 4.69) is 48.9 Å². The van der Waals surface area contributed by atoms with Gasteiger partial charge in [0, 0.05) is 17.2 Å². The van der Waals surface area contributed by atoms with Crippen LogP contribution in [0.2, 0.25) is 5.02 Å². The van der Waals surface area contributed by atoms with Crippen molar-refractivity contribution in [2.45, 2.75) is 40.0 Å². The summed E-state index contributed by atoms with van der Waals surface area (Å²) in [4.78, 5) is 6.04. The van der Waals surface area contributed by atoms with Crippen LogP contribution >= 0.6 is 11.6 Å². The second-order valence-electron chi connectivity index (χ2n) is 7.68. The fourth-order valence-electron chi connectivity index (χ4n) is 4.06. The van der Waals surface area contributed by atoms with Crippen molar-refractivity contribution in [3.63, 3.8) is 0 Å². The molecular formula is C24H32ClN2O+. The van der Waals surface area contributed by atoms with Crippen LogP contribution in [0, 0.1) is 5.92 Å². The number of H-pyrrole nitrogens is 1. The number of halogens is 1. The number of hydrogen-bond donors (Lipinski definition) is 0. The molecule has 1 unspecified atom stereocenters. The van der Waals surface area contributed by atoms with Gasteiger partial charge in [0.15, 0.2) is 0 Å². The van der Waals surface area contributed by atoms with E-state index in [0.29, 0.717) is 5.92 Å². The molecule has 1 N–H and O–H groups in total. The first kappa shape index (κ1) is 20.9. The van der Waals surface area contributed by atoms with Crippen molar-refractivity contribution in [3.8, 4) is 5.75 Å². The Labute approximate surface area is 173 Å². The Morgan fingerprint density at radius 3 is 2.54 bits per heavy atom. The molecular weight excluding hydrogens is 368 g/mol. The van der Waals surface area contributed by atoms with Crippen molar-refractivity contribution < 1.29 is 9.72 Å². The van der Waals surface area contributed by atoms with E-state index >= 15 is 0 Å². The molecule has 0 aliphatic carbocycles. The largest absolute Gasteiger partial charge is 0.497 e. The van der Waals surface area contributed by atoms with Gasteiger partial charge < -0.3 is 9.64 Å². The van der Waals surface area contributed by atoms with Crippen molar-refractivity contribution in [1.82, 2.24) is 4.90 Å². The zero-order chi connectivity index (χ0) is 20.1. The highest BCUT2D eigenvalue weighted by molar-refractivity contribution is 6.31. The zero-order valence-corrected chi connectivity index (χ0v) is 18.3. The normalized spacial score (nSPS) is 12.8. The molecule has 150 valence electrons. The minimum Gasteiger partial charge on any atom is -0.497 e. The van der Waals surface area contributed by atoms with Gasteiger partial charge in [0.2, 0.25) is 11.0 Å². The number of ether oxygens (including phenoxy) is 1. The van der Waals surface area contributed by atoms with E-state index in [1.54, 1.807) is 7.11 Å². The number of fused-ring (bicyclic) bond motifs is 2. The van der Waals surface area contributed by atoms with E-state index in [1.165, 1.54) is 35.7 Å². The van der Waals surface area contributed by atoms with Crippen LogP contribution < -0.4 is 9.72 Å². The van der Waals surface area contributed by atoms with Crippen LogP contribution in [0.4, 0.5) is 0 Å². The summed E-state index contributed by atoms with van der Waals surface area (Å²) in [7, 11) is 1.72. The Morgan fingerprint density at radius 1 is 1.04 bits per heavy atom. The zero-order valence-electron chi connectivity index (χ0n) is 17.5. The first-order chi connectivity index (χ1) is 13.5.